The van der Waals surface area contributed by atoms with Gasteiger partial charge in [0.2, 0.25) is 0 Å². The van der Waals surface area contributed by atoms with Crippen molar-refractivity contribution in [1.82, 2.24) is 0 Å². The summed E-state index contributed by atoms with van der Waals surface area (Å²) in [6.07, 6.45) is 0. The predicted octanol–water partition coefficient (Wildman–Crippen LogP) is -0.0100. The van der Waals surface area contributed by atoms with E-state index in [9.17, 15) is 0 Å². The van der Waals surface area contributed by atoms with Gasteiger partial charge in [0.15, 0.2) is 0 Å². The van der Waals surface area contributed by atoms with E-state index >= 15 is 0 Å². The van der Waals surface area contributed by atoms with Crippen molar-refractivity contribution in [1.29, 1.82) is 0 Å². The van der Waals surface area contributed by atoms with Gasteiger partial charge in [-0.1, -0.05) is 0 Å². The first-order chi connectivity index (χ1) is 0. The van der Waals surface area contributed by atoms with Crippen molar-refractivity contribution in [2.45, 2.75) is 0 Å². The first-order valence-electron chi connectivity index (χ1n) is 0. The fourth-order valence-corrected chi connectivity index (χ4v) is 0. The van der Waals surface area contributed by atoms with Crippen LogP contribution in [0.4, 0.5) is 0 Å². The molecule has 0 saturated heterocycles. The Morgan fingerprint density at radius 2 is 1.00 bits per heavy atom. The van der Waals surface area contributed by atoms with Crippen molar-refractivity contribution in [3.8, 4) is 0 Å². The van der Waals surface area contributed by atoms with Gasteiger partial charge in [-0.25, -0.2) is 0 Å². The number of hydrogen-bond acceptors (Lipinski definition) is 0. The molecule has 0 fully saturated rings. The Morgan fingerprint density at radius 1 is 1.00 bits per heavy atom. The quantitative estimate of drug-likeness (QED) is 0.551. The number of hydrogen-bond donors (Lipinski definition) is 0. The van der Waals surface area contributed by atoms with E-state index in [0.29, 0.717) is 0 Å². The largest absolute Gasteiger partial charge is 0 e. The Balaban J connectivity index is 0. The van der Waals surface area contributed by atoms with Crippen molar-refractivity contribution in [2.75, 3.05) is 0 Å². The van der Waals surface area contributed by atoms with Gasteiger partial charge >= 0.3 is 0 Å². The van der Waals surface area contributed by atoms with Gasteiger partial charge in [0.05, 0.1) is 0 Å². The van der Waals surface area contributed by atoms with Gasteiger partial charge in [-0.3, -0.25) is 0 Å². The van der Waals surface area contributed by atoms with Gasteiger partial charge in [0.25, 0.3) is 0 Å². The second kappa shape index (κ2) is 17.4. The smallest absolute Gasteiger partial charge is 0 e. The second-order valence-corrected chi connectivity index (χ2v) is 0. The zero-order valence-electron chi connectivity index (χ0n) is 1.73. The molecule has 0 nitrogen and oxygen atoms in total. The standard InChI is InChI=1S/Mn.Mo.Nb.Ti. The van der Waals surface area contributed by atoms with Crippen LogP contribution in [0.25, 0.3) is 0 Å². The fourth-order valence-electron chi connectivity index (χ4n) is 0. The molecule has 4 heteroatoms. The first kappa shape index (κ1) is 30.1. The van der Waals surface area contributed by atoms with Crippen LogP contribution >= 0.6 is 0 Å². The average Bonchev–Trinajstić information content (AvgIpc) is 0. The molecular formula is MnMoNbTi. The normalized spacial score (nSPS) is 0. The Morgan fingerprint density at radius 3 is 1.00 bits per heavy atom. The molecule has 0 spiro atoms. The van der Waals surface area contributed by atoms with E-state index in [1.165, 1.54) is 0 Å². The Hall–Kier alpha value is 2.66. The predicted molar refractivity (Wildman–Crippen MR) is 0 cm³/mol. The van der Waals surface area contributed by atoms with Gasteiger partial charge in [0, 0.05) is 82.2 Å². The third-order valence-corrected chi connectivity index (χ3v) is 0. The van der Waals surface area contributed by atoms with Gasteiger partial charge in [-0.15, -0.1) is 0 Å². The maximum atomic E-state index is 0. The van der Waals surface area contributed by atoms with Crippen molar-refractivity contribution in [3.05, 3.63) is 0 Å². The summed E-state index contributed by atoms with van der Waals surface area (Å²) >= 11 is 0. The van der Waals surface area contributed by atoms with Crippen LogP contribution in [-0.4, -0.2) is 0 Å². The van der Waals surface area contributed by atoms with Crippen molar-refractivity contribution in [2.24, 2.45) is 0 Å². The summed E-state index contributed by atoms with van der Waals surface area (Å²) in [5, 5.41) is 0. The molecule has 22 valence electrons. The van der Waals surface area contributed by atoms with Crippen LogP contribution in [-0.2, 0) is 82.2 Å². The van der Waals surface area contributed by atoms with Crippen LogP contribution in [0, 0.1) is 0 Å². The van der Waals surface area contributed by atoms with Crippen molar-refractivity contribution < 1.29 is 82.2 Å². The van der Waals surface area contributed by atoms with Crippen molar-refractivity contribution >= 4 is 0 Å². The minimum Gasteiger partial charge on any atom is 0 e. The van der Waals surface area contributed by atoms with Gasteiger partial charge in [0.1, 0.15) is 0 Å². The van der Waals surface area contributed by atoms with Crippen LogP contribution in [0.1, 0.15) is 0 Å². The molecule has 0 N–H and O–H groups in total. The molecule has 0 heterocycles. The molecule has 0 unspecified atom stereocenters. The maximum absolute atomic E-state index is 0. The molecule has 0 rings (SSSR count). The summed E-state index contributed by atoms with van der Waals surface area (Å²) in [6.45, 7) is 0. The summed E-state index contributed by atoms with van der Waals surface area (Å²) in [6, 6.07) is 0. The average molecular weight is 292 g/mol. The Kier molecular flexibility index (Phi) is 131. The summed E-state index contributed by atoms with van der Waals surface area (Å²) in [7, 11) is 0. The first-order valence-corrected chi connectivity index (χ1v) is 0. The van der Waals surface area contributed by atoms with Crippen molar-refractivity contribution in [3.63, 3.8) is 0 Å². The molecule has 0 aliphatic rings. The zero-order chi connectivity index (χ0) is 0. The van der Waals surface area contributed by atoms with Gasteiger partial charge < -0.3 is 0 Å². The van der Waals surface area contributed by atoms with Gasteiger partial charge in [-0.2, -0.15) is 0 Å². The van der Waals surface area contributed by atoms with E-state index in [4.69, 9.17) is 0 Å². The van der Waals surface area contributed by atoms with E-state index < -0.39 is 0 Å². The zero-order valence-corrected chi connectivity index (χ0v) is 8.68. The van der Waals surface area contributed by atoms with Crippen LogP contribution in [0.5, 0.6) is 0 Å². The maximum Gasteiger partial charge on any atom is 0 e. The second-order valence-electron chi connectivity index (χ2n) is 0. The summed E-state index contributed by atoms with van der Waals surface area (Å²) in [5.41, 5.74) is 0. The molecule has 0 bridgehead atoms. The molecule has 0 aliphatic carbocycles. The SMILES string of the molecule is [Mn].[Mo].[Nb].[Ti]. The molecule has 0 amide bonds. The van der Waals surface area contributed by atoms with E-state index in [2.05, 4.69) is 0 Å². The summed E-state index contributed by atoms with van der Waals surface area (Å²) in [4.78, 5) is 0. The molecule has 2 radical (unpaired) electrons. The summed E-state index contributed by atoms with van der Waals surface area (Å²) < 4.78 is 0. The molecule has 0 aromatic heterocycles. The third kappa shape index (κ3) is 8.82. The monoisotopic (exact) mass is 294 g/mol. The van der Waals surface area contributed by atoms with Gasteiger partial charge in [-0.05, 0) is 0 Å². The van der Waals surface area contributed by atoms with E-state index in [-0.39, 0.29) is 82.2 Å². The minimum absolute atomic E-state index is 0. The minimum atomic E-state index is 0. The Bertz CT molecular complexity index is 8.00. The topological polar surface area (TPSA) is 0 Å². The van der Waals surface area contributed by atoms with Crippen LogP contribution in [0.3, 0.4) is 0 Å². The van der Waals surface area contributed by atoms with Crippen LogP contribution in [0.2, 0.25) is 0 Å². The molecule has 0 aromatic rings. The third-order valence-electron chi connectivity index (χ3n) is 0. The summed E-state index contributed by atoms with van der Waals surface area (Å²) in [5.74, 6) is 0. The molecular weight excluding hydrogens is 292 g/mol. The van der Waals surface area contributed by atoms with E-state index in [1.807, 2.05) is 0 Å². The molecule has 4 heavy (non-hydrogen) atoms. The van der Waals surface area contributed by atoms with Crippen LogP contribution < -0.4 is 0 Å². The number of rotatable bonds is 0. The van der Waals surface area contributed by atoms with Crippen LogP contribution in [0.15, 0.2) is 0 Å². The molecule has 0 saturated carbocycles. The van der Waals surface area contributed by atoms with E-state index in [1.54, 1.807) is 0 Å². The molecule has 0 atom stereocenters. The van der Waals surface area contributed by atoms with E-state index in [0.717, 1.165) is 0 Å². The fraction of sp³-hybridized carbons (Fsp3) is 0. The Labute approximate surface area is 81.0 Å². The molecule has 0 aromatic carbocycles. The molecule has 0 aliphatic heterocycles.